The molecule has 0 radical (unpaired) electrons. The summed E-state index contributed by atoms with van der Waals surface area (Å²) in [6.45, 7) is 4.60. The van der Waals surface area contributed by atoms with Gasteiger partial charge in [-0.2, -0.15) is 0 Å². The standard InChI is InChI=1S/C20H25N5O5S/c1-11(21)22-10-13(26)23-16(12-7-5-4-6-8-12)17(28)24-20(18(29)30)19(2,3)31-15-9-14(27)25(15)20/h4-8,15-16H,9-10H2,1-3H3,(H2,21,22)(H,23,26)(H,24,28)(H,29,30)/t15-,16?,20+/m1/s1. The van der Waals surface area contributed by atoms with E-state index < -0.39 is 34.2 Å². The van der Waals surface area contributed by atoms with Crippen LogP contribution in [-0.4, -0.2) is 61.9 Å². The van der Waals surface area contributed by atoms with Crippen molar-refractivity contribution in [3.63, 3.8) is 0 Å². The van der Waals surface area contributed by atoms with Crippen LogP contribution < -0.4 is 16.4 Å². The molecule has 10 nitrogen and oxygen atoms in total. The highest BCUT2D eigenvalue weighted by Gasteiger charge is 2.70. The summed E-state index contributed by atoms with van der Waals surface area (Å²) in [7, 11) is 0. The molecule has 2 aliphatic rings. The number of aliphatic imine (C=N–C) groups is 1. The molecule has 166 valence electrons. The lowest BCUT2D eigenvalue weighted by Gasteiger charge is -2.46. The molecule has 3 amide bonds. The van der Waals surface area contributed by atoms with E-state index in [0.717, 1.165) is 0 Å². The zero-order chi connectivity index (χ0) is 23.0. The second-order valence-corrected chi connectivity index (χ2v) is 9.72. The summed E-state index contributed by atoms with van der Waals surface area (Å²) in [5.74, 6) is -2.78. The minimum Gasteiger partial charge on any atom is -0.478 e. The van der Waals surface area contributed by atoms with Crippen molar-refractivity contribution < 1.29 is 24.3 Å². The van der Waals surface area contributed by atoms with Crippen molar-refractivity contribution in [2.24, 2.45) is 10.7 Å². The first kappa shape index (κ1) is 22.6. The maximum atomic E-state index is 13.4. The number of rotatable bonds is 7. The predicted molar refractivity (Wildman–Crippen MR) is 115 cm³/mol. The molecule has 2 aliphatic heterocycles. The van der Waals surface area contributed by atoms with E-state index in [1.807, 2.05) is 0 Å². The number of hydrogen-bond donors (Lipinski definition) is 4. The second kappa shape index (κ2) is 8.22. The molecule has 1 unspecified atom stereocenters. The molecule has 2 saturated heterocycles. The number of amides is 3. The van der Waals surface area contributed by atoms with E-state index in [0.29, 0.717) is 5.56 Å². The Morgan fingerprint density at radius 1 is 1.32 bits per heavy atom. The molecule has 1 aromatic carbocycles. The van der Waals surface area contributed by atoms with Gasteiger partial charge in [0.2, 0.25) is 23.4 Å². The highest BCUT2D eigenvalue weighted by molar-refractivity contribution is 8.01. The van der Waals surface area contributed by atoms with Crippen molar-refractivity contribution in [2.45, 2.75) is 49.0 Å². The zero-order valence-corrected chi connectivity index (χ0v) is 18.2. The highest BCUT2D eigenvalue weighted by Crippen LogP contribution is 2.55. The van der Waals surface area contributed by atoms with Crippen LogP contribution >= 0.6 is 11.8 Å². The Morgan fingerprint density at radius 2 is 1.97 bits per heavy atom. The van der Waals surface area contributed by atoms with Gasteiger partial charge in [-0.15, -0.1) is 11.8 Å². The number of nitrogens with two attached hydrogens (primary N) is 1. The number of nitrogens with zero attached hydrogens (tertiary/aromatic N) is 2. The van der Waals surface area contributed by atoms with Gasteiger partial charge in [-0.1, -0.05) is 30.3 Å². The maximum absolute atomic E-state index is 13.4. The van der Waals surface area contributed by atoms with Crippen LogP contribution in [0.3, 0.4) is 0 Å². The number of hydrogen-bond acceptors (Lipinski definition) is 6. The van der Waals surface area contributed by atoms with Gasteiger partial charge in [-0.3, -0.25) is 24.3 Å². The van der Waals surface area contributed by atoms with Gasteiger partial charge in [0, 0.05) is 0 Å². The average Bonchev–Trinajstić information content (AvgIpc) is 2.87. The lowest BCUT2D eigenvalue weighted by Crippen LogP contribution is -2.75. The number of nitrogens with one attached hydrogen (secondary N) is 2. The molecule has 11 heteroatoms. The number of β-lactam (4-membered cyclic amide) rings is 1. The molecule has 3 rings (SSSR count). The summed E-state index contributed by atoms with van der Waals surface area (Å²) in [6, 6.07) is 7.24. The average molecular weight is 448 g/mol. The Bertz CT molecular complexity index is 947. The molecule has 2 fully saturated rings. The zero-order valence-electron chi connectivity index (χ0n) is 17.4. The quantitative estimate of drug-likeness (QED) is 0.264. The molecule has 0 bridgehead atoms. The van der Waals surface area contributed by atoms with Gasteiger partial charge >= 0.3 is 5.97 Å². The third-order valence-electron chi connectivity index (χ3n) is 5.36. The fraction of sp³-hybridized carbons (Fsp3) is 0.450. The molecule has 5 N–H and O–H groups in total. The molecular formula is C20H25N5O5S. The van der Waals surface area contributed by atoms with E-state index in [4.69, 9.17) is 5.73 Å². The summed E-state index contributed by atoms with van der Waals surface area (Å²) in [6.07, 6.45) is 0.217. The van der Waals surface area contributed by atoms with Gasteiger partial charge in [0.1, 0.15) is 12.6 Å². The van der Waals surface area contributed by atoms with Crippen LogP contribution in [0.25, 0.3) is 0 Å². The van der Waals surface area contributed by atoms with E-state index in [1.54, 1.807) is 44.2 Å². The normalized spacial score (nSPS) is 25.3. The Morgan fingerprint density at radius 3 is 2.52 bits per heavy atom. The Labute approximate surface area is 183 Å². The van der Waals surface area contributed by atoms with E-state index in [-0.39, 0.29) is 30.1 Å². The first-order valence-electron chi connectivity index (χ1n) is 9.66. The van der Waals surface area contributed by atoms with Crippen LogP contribution in [0.2, 0.25) is 0 Å². The van der Waals surface area contributed by atoms with Crippen LogP contribution in [0.15, 0.2) is 35.3 Å². The fourth-order valence-corrected chi connectivity index (χ4v) is 5.52. The van der Waals surface area contributed by atoms with E-state index in [9.17, 15) is 24.3 Å². The number of thioether (sulfide) groups is 1. The molecule has 31 heavy (non-hydrogen) atoms. The molecule has 0 aliphatic carbocycles. The van der Waals surface area contributed by atoms with Gasteiger partial charge in [-0.25, -0.2) is 4.79 Å². The number of carboxylic acids is 1. The number of carboxylic acid groups (broad SMARTS) is 1. The van der Waals surface area contributed by atoms with Crippen LogP contribution in [0, 0.1) is 0 Å². The molecule has 0 saturated carbocycles. The SMILES string of the molecule is CC(N)=NCC(=O)NC(C(=O)N[C@@]1(C(=O)O)N2C(=O)C[C@H]2SC1(C)C)c1ccccc1. The maximum Gasteiger partial charge on any atom is 0.352 e. The fourth-order valence-electron chi connectivity index (χ4n) is 3.82. The van der Waals surface area contributed by atoms with Crippen molar-refractivity contribution in [1.29, 1.82) is 0 Å². The molecular weight excluding hydrogens is 422 g/mol. The number of carbonyl (C=O) groups excluding carboxylic acids is 3. The van der Waals surface area contributed by atoms with E-state index >= 15 is 0 Å². The van der Waals surface area contributed by atoms with Gasteiger partial charge in [0.05, 0.1) is 22.4 Å². The highest BCUT2D eigenvalue weighted by atomic mass is 32.2. The number of carbonyl (C=O) groups is 4. The van der Waals surface area contributed by atoms with Crippen molar-refractivity contribution in [3.05, 3.63) is 35.9 Å². The van der Waals surface area contributed by atoms with Crippen LogP contribution in [-0.2, 0) is 19.2 Å². The van der Waals surface area contributed by atoms with Crippen molar-refractivity contribution in [3.8, 4) is 0 Å². The van der Waals surface area contributed by atoms with Gasteiger partial charge in [-0.05, 0) is 26.3 Å². The predicted octanol–water partition coefficient (Wildman–Crippen LogP) is 0.202. The monoisotopic (exact) mass is 447 g/mol. The number of fused-ring (bicyclic) bond motifs is 1. The smallest absolute Gasteiger partial charge is 0.352 e. The van der Waals surface area contributed by atoms with E-state index in [1.165, 1.54) is 23.6 Å². The molecule has 0 spiro atoms. The Balaban J connectivity index is 1.93. The van der Waals surface area contributed by atoms with Crippen LogP contribution in [0.4, 0.5) is 0 Å². The van der Waals surface area contributed by atoms with Gasteiger partial charge in [0.25, 0.3) is 0 Å². The van der Waals surface area contributed by atoms with Gasteiger partial charge in [0.15, 0.2) is 0 Å². The van der Waals surface area contributed by atoms with Crippen LogP contribution in [0.5, 0.6) is 0 Å². The summed E-state index contributed by atoms with van der Waals surface area (Å²) in [5.41, 5.74) is 3.98. The summed E-state index contributed by atoms with van der Waals surface area (Å²) in [4.78, 5) is 55.5. The lowest BCUT2D eigenvalue weighted by atomic mass is 9.89. The summed E-state index contributed by atoms with van der Waals surface area (Å²) >= 11 is 1.32. The summed E-state index contributed by atoms with van der Waals surface area (Å²) in [5, 5.41) is 15.0. The first-order chi connectivity index (χ1) is 14.5. The Hall–Kier alpha value is -3.08. The number of aliphatic carboxylic acids is 1. The summed E-state index contributed by atoms with van der Waals surface area (Å²) < 4.78 is -1.00. The van der Waals surface area contributed by atoms with Crippen molar-refractivity contribution >= 4 is 41.3 Å². The molecule has 1 aromatic rings. The number of benzene rings is 1. The van der Waals surface area contributed by atoms with E-state index in [2.05, 4.69) is 15.6 Å². The van der Waals surface area contributed by atoms with Crippen molar-refractivity contribution in [1.82, 2.24) is 15.5 Å². The minimum absolute atomic E-state index is 0.216. The molecule has 0 aromatic heterocycles. The topological polar surface area (TPSA) is 154 Å². The largest absolute Gasteiger partial charge is 0.478 e. The third kappa shape index (κ3) is 3.97. The third-order valence-corrected chi connectivity index (χ3v) is 6.89. The first-order valence-corrected chi connectivity index (χ1v) is 10.5. The van der Waals surface area contributed by atoms with Crippen LogP contribution in [0.1, 0.15) is 38.8 Å². The molecule has 2 heterocycles. The molecule has 3 atom stereocenters. The van der Waals surface area contributed by atoms with Gasteiger partial charge < -0.3 is 21.5 Å². The number of amidine groups is 1. The minimum atomic E-state index is -1.95. The van der Waals surface area contributed by atoms with Crippen molar-refractivity contribution in [2.75, 3.05) is 6.54 Å². The second-order valence-electron chi connectivity index (χ2n) is 7.92. The lowest BCUT2D eigenvalue weighted by molar-refractivity contribution is -0.173. The Kier molecular flexibility index (Phi) is 5.99.